The standard InChI is InChI=1S/C13H16F4N2O/c1-3-10-11(14)12(19-7(2)18-10)20-6-8-4-9(5-8)13(15,16)17/h8-9H,3-6H2,1-2H3. The van der Waals surface area contributed by atoms with Crippen molar-refractivity contribution in [1.82, 2.24) is 9.97 Å². The molecule has 0 aliphatic heterocycles. The summed E-state index contributed by atoms with van der Waals surface area (Å²) in [6, 6.07) is 0. The smallest absolute Gasteiger partial charge is 0.391 e. The molecular formula is C13H16F4N2O. The van der Waals surface area contributed by atoms with Crippen LogP contribution in [0.2, 0.25) is 0 Å². The molecule has 0 saturated heterocycles. The highest BCUT2D eigenvalue weighted by Crippen LogP contribution is 2.44. The minimum absolute atomic E-state index is 0.0375. The highest BCUT2D eigenvalue weighted by Gasteiger charge is 2.47. The second-order valence-electron chi connectivity index (χ2n) is 5.08. The zero-order valence-corrected chi connectivity index (χ0v) is 11.3. The van der Waals surface area contributed by atoms with E-state index in [1.54, 1.807) is 13.8 Å². The van der Waals surface area contributed by atoms with Gasteiger partial charge in [-0.2, -0.15) is 22.5 Å². The zero-order valence-electron chi connectivity index (χ0n) is 11.3. The van der Waals surface area contributed by atoms with Crippen LogP contribution in [0.3, 0.4) is 0 Å². The van der Waals surface area contributed by atoms with E-state index in [0.29, 0.717) is 12.2 Å². The lowest BCUT2D eigenvalue weighted by Crippen LogP contribution is -2.38. The summed E-state index contributed by atoms with van der Waals surface area (Å²) < 4.78 is 56.1. The monoisotopic (exact) mass is 292 g/mol. The molecule has 1 aliphatic rings. The van der Waals surface area contributed by atoms with Crippen LogP contribution >= 0.6 is 0 Å². The Morgan fingerprint density at radius 3 is 2.45 bits per heavy atom. The molecule has 112 valence electrons. The van der Waals surface area contributed by atoms with Gasteiger partial charge in [0.05, 0.1) is 18.2 Å². The molecule has 0 N–H and O–H groups in total. The molecule has 0 atom stereocenters. The third-order valence-electron chi connectivity index (χ3n) is 3.49. The molecule has 2 rings (SSSR count). The number of aromatic nitrogens is 2. The van der Waals surface area contributed by atoms with Gasteiger partial charge in [-0.15, -0.1) is 0 Å². The summed E-state index contributed by atoms with van der Waals surface area (Å²) in [5, 5.41) is 0. The predicted molar refractivity (Wildman–Crippen MR) is 63.9 cm³/mol. The van der Waals surface area contributed by atoms with Gasteiger partial charge in [-0.05, 0) is 32.1 Å². The maximum absolute atomic E-state index is 13.9. The van der Waals surface area contributed by atoms with Crippen molar-refractivity contribution in [2.24, 2.45) is 11.8 Å². The van der Waals surface area contributed by atoms with Crippen LogP contribution < -0.4 is 4.74 Å². The fourth-order valence-corrected chi connectivity index (χ4v) is 2.25. The SMILES string of the molecule is CCc1nc(C)nc(OCC2CC(C(F)(F)F)C2)c1F. The summed E-state index contributed by atoms with van der Waals surface area (Å²) in [5.74, 6) is -1.84. The van der Waals surface area contributed by atoms with Crippen LogP contribution in [0, 0.1) is 24.6 Å². The first-order chi connectivity index (χ1) is 9.31. The molecule has 1 aliphatic carbocycles. The Kier molecular flexibility index (Phi) is 4.15. The van der Waals surface area contributed by atoms with Crippen LogP contribution in [0.25, 0.3) is 0 Å². The average molecular weight is 292 g/mol. The number of aryl methyl sites for hydroxylation is 2. The fourth-order valence-electron chi connectivity index (χ4n) is 2.25. The van der Waals surface area contributed by atoms with E-state index in [1.165, 1.54) is 0 Å². The van der Waals surface area contributed by atoms with Crippen molar-refractivity contribution in [2.45, 2.75) is 39.3 Å². The maximum atomic E-state index is 13.9. The minimum atomic E-state index is -4.14. The number of hydrogen-bond acceptors (Lipinski definition) is 3. The summed E-state index contributed by atoms with van der Waals surface area (Å²) >= 11 is 0. The van der Waals surface area contributed by atoms with E-state index in [9.17, 15) is 17.6 Å². The topological polar surface area (TPSA) is 35.0 Å². The molecule has 1 aromatic rings. The first-order valence-corrected chi connectivity index (χ1v) is 6.53. The van der Waals surface area contributed by atoms with E-state index in [1.807, 2.05) is 0 Å². The number of nitrogens with zero attached hydrogens (tertiary/aromatic N) is 2. The van der Waals surface area contributed by atoms with Crippen LogP contribution in [0.1, 0.15) is 31.3 Å². The normalized spacial score (nSPS) is 22.5. The van der Waals surface area contributed by atoms with Crippen LogP contribution in [-0.4, -0.2) is 22.8 Å². The van der Waals surface area contributed by atoms with Crippen molar-refractivity contribution in [2.75, 3.05) is 6.61 Å². The maximum Gasteiger partial charge on any atom is 0.391 e. The molecule has 1 aromatic heterocycles. The molecule has 0 radical (unpaired) electrons. The predicted octanol–water partition coefficient (Wildman–Crippen LogP) is 3.45. The van der Waals surface area contributed by atoms with Crippen molar-refractivity contribution in [3.63, 3.8) is 0 Å². The van der Waals surface area contributed by atoms with Gasteiger partial charge in [-0.25, -0.2) is 4.98 Å². The summed E-state index contributed by atoms with van der Waals surface area (Å²) in [5.41, 5.74) is 0.259. The van der Waals surface area contributed by atoms with Crippen molar-refractivity contribution in [1.29, 1.82) is 0 Å². The van der Waals surface area contributed by atoms with Gasteiger partial charge in [0.1, 0.15) is 5.82 Å². The van der Waals surface area contributed by atoms with Crippen LogP contribution in [-0.2, 0) is 6.42 Å². The van der Waals surface area contributed by atoms with Crippen molar-refractivity contribution < 1.29 is 22.3 Å². The van der Waals surface area contributed by atoms with Crippen LogP contribution in [0.15, 0.2) is 0 Å². The quantitative estimate of drug-likeness (QED) is 0.797. The van der Waals surface area contributed by atoms with E-state index in [-0.39, 0.29) is 36.9 Å². The Balaban J connectivity index is 1.91. The Bertz CT molecular complexity index is 484. The summed E-state index contributed by atoms with van der Waals surface area (Å²) in [6.45, 7) is 3.44. The zero-order chi connectivity index (χ0) is 14.9. The van der Waals surface area contributed by atoms with E-state index >= 15 is 0 Å². The molecule has 3 nitrogen and oxygen atoms in total. The lowest BCUT2D eigenvalue weighted by Gasteiger charge is -2.36. The second-order valence-corrected chi connectivity index (χ2v) is 5.08. The minimum Gasteiger partial charge on any atom is -0.475 e. The average Bonchev–Trinajstić information content (AvgIpc) is 2.29. The van der Waals surface area contributed by atoms with Crippen molar-refractivity contribution in [3.8, 4) is 5.88 Å². The highest BCUT2D eigenvalue weighted by atomic mass is 19.4. The molecule has 0 bridgehead atoms. The van der Waals surface area contributed by atoms with Crippen molar-refractivity contribution in [3.05, 3.63) is 17.3 Å². The van der Waals surface area contributed by atoms with Gasteiger partial charge < -0.3 is 4.74 Å². The van der Waals surface area contributed by atoms with E-state index in [0.717, 1.165) is 0 Å². The second kappa shape index (κ2) is 5.54. The molecule has 0 spiro atoms. The lowest BCUT2D eigenvalue weighted by atomic mass is 9.75. The third-order valence-corrected chi connectivity index (χ3v) is 3.49. The Hall–Kier alpha value is -1.40. The van der Waals surface area contributed by atoms with Crippen molar-refractivity contribution >= 4 is 0 Å². The molecular weight excluding hydrogens is 276 g/mol. The van der Waals surface area contributed by atoms with Gasteiger partial charge in [-0.3, -0.25) is 0 Å². The fraction of sp³-hybridized carbons (Fsp3) is 0.692. The molecule has 7 heteroatoms. The first-order valence-electron chi connectivity index (χ1n) is 6.53. The van der Waals surface area contributed by atoms with Crippen LogP contribution in [0.5, 0.6) is 5.88 Å². The van der Waals surface area contributed by atoms with Gasteiger partial charge in [0.15, 0.2) is 0 Å². The highest BCUT2D eigenvalue weighted by molar-refractivity contribution is 5.19. The van der Waals surface area contributed by atoms with E-state index < -0.39 is 17.9 Å². The molecule has 1 heterocycles. The molecule has 1 saturated carbocycles. The van der Waals surface area contributed by atoms with Crippen LogP contribution in [0.4, 0.5) is 17.6 Å². The molecule has 0 amide bonds. The number of hydrogen-bond donors (Lipinski definition) is 0. The molecule has 0 unspecified atom stereocenters. The van der Waals surface area contributed by atoms with E-state index in [2.05, 4.69) is 9.97 Å². The van der Waals surface area contributed by atoms with Gasteiger partial charge in [0.25, 0.3) is 5.88 Å². The third kappa shape index (κ3) is 3.19. The van der Waals surface area contributed by atoms with Gasteiger partial charge in [0.2, 0.25) is 5.82 Å². The van der Waals surface area contributed by atoms with E-state index in [4.69, 9.17) is 4.74 Å². The Morgan fingerprint density at radius 2 is 1.90 bits per heavy atom. The number of halogens is 4. The largest absolute Gasteiger partial charge is 0.475 e. The lowest BCUT2D eigenvalue weighted by molar-refractivity contribution is -0.206. The summed E-state index contributed by atoms with van der Waals surface area (Å²) in [4.78, 5) is 7.79. The van der Waals surface area contributed by atoms with Gasteiger partial charge in [-0.1, -0.05) is 6.92 Å². The molecule has 1 fully saturated rings. The number of rotatable bonds is 4. The first kappa shape index (κ1) is 15.0. The van der Waals surface area contributed by atoms with Gasteiger partial charge in [0, 0.05) is 0 Å². The Labute approximate surface area is 114 Å². The molecule has 0 aromatic carbocycles. The van der Waals surface area contributed by atoms with Gasteiger partial charge >= 0.3 is 6.18 Å². The number of ether oxygens (including phenoxy) is 1. The summed E-state index contributed by atoms with van der Waals surface area (Å²) in [6.07, 6.45) is -3.65. The Morgan fingerprint density at radius 1 is 1.25 bits per heavy atom. The summed E-state index contributed by atoms with van der Waals surface area (Å²) in [7, 11) is 0. The number of alkyl halides is 3. The molecule has 20 heavy (non-hydrogen) atoms.